The molecule has 11 heteroatoms. The molecule has 0 spiro atoms. The van der Waals surface area contributed by atoms with Gasteiger partial charge in [-0.2, -0.15) is 5.10 Å². The van der Waals surface area contributed by atoms with E-state index in [1.165, 1.54) is 16.4 Å². The Bertz CT molecular complexity index is 994. The number of anilines is 1. The largest absolute Gasteiger partial charge is 0.324 e. The van der Waals surface area contributed by atoms with Gasteiger partial charge in [0.1, 0.15) is 24.3 Å². The lowest BCUT2D eigenvalue weighted by Gasteiger charge is -2.07. The summed E-state index contributed by atoms with van der Waals surface area (Å²) in [6.45, 7) is 3.02. The zero-order valence-corrected chi connectivity index (χ0v) is 15.7. The SMILES string of the molecule is Cc1nn(CC(=O)Nc2ccc(Sc3nncn3C)cc2)c(C)c1[N+](=O)[O-]. The van der Waals surface area contributed by atoms with Gasteiger partial charge in [0.05, 0.1) is 4.92 Å². The van der Waals surface area contributed by atoms with Gasteiger partial charge in [-0.05, 0) is 49.9 Å². The van der Waals surface area contributed by atoms with Crippen molar-refractivity contribution in [3.63, 3.8) is 0 Å². The third-order valence-corrected chi connectivity index (χ3v) is 4.90. The Labute approximate surface area is 158 Å². The molecule has 1 amide bonds. The van der Waals surface area contributed by atoms with E-state index in [-0.39, 0.29) is 23.8 Å². The third-order valence-electron chi connectivity index (χ3n) is 3.84. The van der Waals surface area contributed by atoms with Gasteiger partial charge < -0.3 is 9.88 Å². The van der Waals surface area contributed by atoms with Crippen molar-refractivity contribution in [2.24, 2.45) is 7.05 Å². The molecule has 0 aliphatic carbocycles. The fourth-order valence-electron chi connectivity index (χ4n) is 2.52. The summed E-state index contributed by atoms with van der Waals surface area (Å²) in [7, 11) is 1.86. The van der Waals surface area contributed by atoms with Crippen LogP contribution in [0, 0.1) is 24.0 Å². The average molecular weight is 387 g/mol. The minimum atomic E-state index is -0.487. The predicted molar refractivity (Wildman–Crippen MR) is 98.6 cm³/mol. The molecule has 1 N–H and O–H groups in total. The van der Waals surface area contributed by atoms with Gasteiger partial charge >= 0.3 is 5.69 Å². The summed E-state index contributed by atoms with van der Waals surface area (Å²) in [4.78, 5) is 23.8. The fraction of sp³-hybridized carbons (Fsp3) is 0.250. The molecule has 0 saturated carbocycles. The number of benzene rings is 1. The Balaban J connectivity index is 1.64. The average Bonchev–Trinajstić information content (AvgIpc) is 3.12. The van der Waals surface area contributed by atoms with Gasteiger partial charge in [0.15, 0.2) is 5.16 Å². The molecule has 1 aromatic carbocycles. The Hall–Kier alpha value is -3.21. The summed E-state index contributed by atoms with van der Waals surface area (Å²) in [6.07, 6.45) is 1.63. The van der Waals surface area contributed by atoms with E-state index in [1.54, 1.807) is 32.3 Å². The smallest absolute Gasteiger partial charge is 0.312 e. The molecule has 0 atom stereocenters. The maximum absolute atomic E-state index is 12.2. The molecule has 10 nitrogen and oxygen atoms in total. The minimum Gasteiger partial charge on any atom is -0.324 e. The first-order valence-corrected chi connectivity index (χ1v) is 8.77. The van der Waals surface area contributed by atoms with Gasteiger partial charge in [-0.25, -0.2) is 0 Å². The van der Waals surface area contributed by atoms with Crippen LogP contribution in [0.1, 0.15) is 11.4 Å². The monoisotopic (exact) mass is 387 g/mol. The van der Waals surface area contributed by atoms with Crippen molar-refractivity contribution in [2.75, 3.05) is 5.32 Å². The number of aryl methyl sites for hydroxylation is 2. The first-order chi connectivity index (χ1) is 12.8. The van der Waals surface area contributed by atoms with Gasteiger partial charge in [0.2, 0.25) is 5.91 Å². The van der Waals surface area contributed by atoms with E-state index < -0.39 is 4.92 Å². The van der Waals surface area contributed by atoms with E-state index >= 15 is 0 Å². The lowest BCUT2D eigenvalue weighted by molar-refractivity contribution is -0.386. The van der Waals surface area contributed by atoms with E-state index in [0.29, 0.717) is 11.4 Å². The molecule has 27 heavy (non-hydrogen) atoms. The number of aromatic nitrogens is 5. The number of hydrogen-bond acceptors (Lipinski definition) is 7. The van der Waals surface area contributed by atoms with Crippen LogP contribution in [-0.4, -0.2) is 35.4 Å². The minimum absolute atomic E-state index is 0.0621. The van der Waals surface area contributed by atoms with E-state index in [9.17, 15) is 14.9 Å². The predicted octanol–water partition coefficient (Wildman–Crippen LogP) is 2.33. The third kappa shape index (κ3) is 4.14. The lowest BCUT2D eigenvalue weighted by atomic mass is 10.3. The molecule has 0 radical (unpaired) electrons. The molecule has 2 heterocycles. The second kappa shape index (κ2) is 7.58. The van der Waals surface area contributed by atoms with E-state index in [0.717, 1.165) is 10.1 Å². The maximum atomic E-state index is 12.2. The normalized spacial score (nSPS) is 10.8. The molecule has 3 rings (SSSR count). The molecular weight excluding hydrogens is 370 g/mol. The molecule has 0 fully saturated rings. The first-order valence-electron chi connectivity index (χ1n) is 7.95. The van der Waals surface area contributed by atoms with Crippen LogP contribution in [0.25, 0.3) is 0 Å². The zero-order valence-electron chi connectivity index (χ0n) is 14.9. The summed E-state index contributed by atoms with van der Waals surface area (Å²) >= 11 is 1.46. The van der Waals surface area contributed by atoms with Crippen molar-refractivity contribution < 1.29 is 9.72 Å². The number of carbonyl (C=O) groups excluding carboxylic acids is 1. The molecule has 0 saturated heterocycles. The van der Waals surface area contributed by atoms with Crippen LogP contribution in [-0.2, 0) is 18.4 Å². The number of nitrogens with zero attached hydrogens (tertiary/aromatic N) is 6. The number of amides is 1. The van der Waals surface area contributed by atoms with Crippen molar-refractivity contribution in [2.45, 2.75) is 30.4 Å². The lowest BCUT2D eigenvalue weighted by Crippen LogP contribution is -2.20. The summed E-state index contributed by atoms with van der Waals surface area (Å²) in [6, 6.07) is 7.28. The molecule has 3 aromatic rings. The number of carbonyl (C=O) groups is 1. The highest BCUT2D eigenvalue weighted by molar-refractivity contribution is 7.99. The van der Waals surface area contributed by atoms with Crippen LogP contribution in [0.15, 0.2) is 40.6 Å². The highest BCUT2D eigenvalue weighted by atomic mass is 32.2. The highest BCUT2D eigenvalue weighted by Crippen LogP contribution is 2.26. The summed E-state index contributed by atoms with van der Waals surface area (Å²) < 4.78 is 3.15. The number of nitro groups is 1. The second-order valence-electron chi connectivity index (χ2n) is 5.83. The van der Waals surface area contributed by atoms with Crippen molar-refractivity contribution in [1.29, 1.82) is 0 Å². The highest BCUT2D eigenvalue weighted by Gasteiger charge is 2.22. The Morgan fingerprint density at radius 3 is 2.56 bits per heavy atom. The van der Waals surface area contributed by atoms with Crippen molar-refractivity contribution in [3.8, 4) is 0 Å². The Kier molecular flexibility index (Phi) is 5.21. The van der Waals surface area contributed by atoms with Gasteiger partial charge in [-0.15, -0.1) is 10.2 Å². The summed E-state index contributed by atoms with van der Waals surface area (Å²) in [5.74, 6) is -0.316. The van der Waals surface area contributed by atoms with Crippen LogP contribution in [0.4, 0.5) is 11.4 Å². The first kappa shape index (κ1) is 18.6. The van der Waals surface area contributed by atoms with Gasteiger partial charge in [-0.3, -0.25) is 19.6 Å². The van der Waals surface area contributed by atoms with Crippen LogP contribution in [0.5, 0.6) is 0 Å². The molecule has 2 aromatic heterocycles. The molecule has 0 aliphatic heterocycles. The molecule has 0 unspecified atom stereocenters. The topological polar surface area (TPSA) is 121 Å². The van der Waals surface area contributed by atoms with Gasteiger partial charge in [0.25, 0.3) is 0 Å². The Morgan fingerprint density at radius 1 is 1.30 bits per heavy atom. The summed E-state index contributed by atoms with van der Waals surface area (Å²) in [5.41, 5.74) is 1.20. The van der Waals surface area contributed by atoms with E-state index in [2.05, 4.69) is 20.6 Å². The summed E-state index contributed by atoms with van der Waals surface area (Å²) in [5, 5.41) is 26.5. The van der Waals surface area contributed by atoms with Gasteiger partial charge in [-0.1, -0.05) is 0 Å². The van der Waals surface area contributed by atoms with Crippen LogP contribution in [0.3, 0.4) is 0 Å². The van der Waals surface area contributed by atoms with Gasteiger partial charge in [0, 0.05) is 17.6 Å². The number of rotatable bonds is 6. The molecule has 0 bridgehead atoms. The van der Waals surface area contributed by atoms with Crippen molar-refractivity contribution in [1.82, 2.24) is 24.5 Å². The number of nitrogens with one attached hydrogen (secondary N) is 1. The quantitative estimate of drug-likeness (QED) is 0.509. The molecule has 0 aliphatic rings. The van der Waals surface area contributed by atoms with Crippen LogP contribution >= 0.6 is 11.8 Å². The van der Waals surface area contributed by atoms with E-state index in [1.807, 2.05) is 23.7 Å². The fourth-order valence-corrected chi connectivity index (χ4v) is 3.28. The van der Waals surface area contributed by atoms with E-state index in [4.69, 9.17) is 0 Å². The van der Waals surface area contributed by atoms with Crippen LogP contribution in [0.2, 0.25) is 0 Å². The zero-order chi connectivity index (χ0) is 19.6. The van der Waals surface area contributed by atoms with Crippen molar-refractivity contribution >= 4 is 29.0 Å². The van der Waals surface area contributed by atoms with Crippen molar-refractivity contribution in [3.05, 3.63) is 52.1 Å². The second-order valence-corrected chi connectivity index (χ2v) is 6.87. The maximum Gasteiger partial charge on any atom is 0.312 e. The standard InChI is InChI=1S/C16H17N7O3S/c1-10-15(23(25)26)11(2)22(20-10)8-14(24)18-12-4-6-13(7-5-12)27-16-19-17-9-21(16)3/h4-7,9H,8H2,1-3H3,(H,18,24). The van der Waals surface area contributed by atoms with Crippen LogP contribution < -0.4 is 5.32 Å². The molecular formula is C16H17N7O3S. The number of hydrogen-bond donors (Lipinski definition) is 1. The Morgan fingerprint density at radius 2 is 2.00 bits per heavy atom. The molecule has 140 valence electrons.